The molecule has 0 aliphatic heterocycles. The number of amides is 1. The highest BCUT2D eigenvalue weighted by atomic mass is 16.2. The van der Waals surface area contributed by atoms with E-state index in [1.54, 1.807) is 12.4 Å². The minimum Gasteiger partial charge on any atom is -0.317 e. The molecule has 6 heteroatoms. The van der Waals surface area contributed by atoms with Crippen LogP contribution in [0.1, 0.15) is 29.9 Å². The van der Waals surface area contributed by atoms with E-state index in [1.165, 1.54) is 0 Å². The fraction of sp³-hybridized carbons (Fsp3) is 0.417. The van der Waals surface area contributed by atoms with Crippen molar-refractivity contribution in [3.8, 4) is 0 Å². The van der Waals surface area contributed by atoms with Gasteiger partial charge in [0.15, 0.2) is 0 Å². The molecule has 18 heavy (non-hydrogen) atoms. The Balaban J connectivity index is 2.13. The summed E-state index contributed by atoms with van der Waals surface area (Å²) in [5.41, 5.74) is 1.28. The molecule has 2 rings (SSSR count). The second-order valence-electron chi connectivity index (χ2n) is 4.68. The first-order chi connectivity index (χ1) is 8.58. The van der Waals surface area contributed by atoms with Crippen LogP contribution in [0.15, 0.2) is 18.6 Å². The number of anilines is 1. The molecule has 2 N–H and O–H groups in total. The van der Waals surface area contributed by atoms with Gasteiger partial charge in [-0.25, -0.2) is 4.98 Å². The molecule has 0 aliphatic rings. The van der Waals surface area contributed by atoms with Crippen molar-refractivity contribution in [2.45, 2.75) is 27.3 Å². The molecule has 2 aromatic rings. The van der Waals surface area contributed by atoms with Crippen LogP contribution in [-0.4, -0.2) is 25.7 Å². The summed E-state index contributed by atoms with van der Waals surface area (Å²) in [6, 6.07) is 0. The van der Waals surface area contributed by atoms with Crippen LogP contribution in [0.5, 0.6) is 0 Å². The molecular formula is C12H17N5O. The summed E-state index contributed by atoms with van der Waals surface area (Å²) < 4.78 is 1.92. The van der Waals surface area contributed by atoms with E-state index in [0.29, 0.717) is 17.6 Å². The van der Waals surface area contributed by atoms with E-state index in [4.69, 9.17) is 0 Å². The van der Waals surface area contributed by atoms with Gasteiger partial charge in [-0.1, -0.05) is 13.8 Å². The van der Waals surface area contributed by atoms with Crippen molar-refractivity contribution in [1.82, 2.24) is 19.7 Å². The summed E-state index contributed by atoms with van der Waals surface area (Å²) in [6.07, 6.45) is 5.16. The summed E-state index contributed by atoms with van der Waals surface area (Å²) >= 11 is 0. The van der Waals surface area contributed by atoms with E-state index in [9.17, 15) is 4.79 Å². The zero-order valence-electron chi connectivity index (χ0n) is 10.8. The van der Waals surface area contributed by atoms with E-state index >= 15 is 0 Å². The summed E-state index contributed by atoms with van der Waals surface area (Å²) in [5, 5.41) is 9.29. The Kier molecular flexibility index (Phi) is 3.45. The fourth-order valence-corrected chi connectivity index (χ4v) is 1.71. The number of carbonyl (C=O) groups excluding carboxylic acids is 1. The van der Waals surface area contributed by atoms with Crippen LogP contribution >= 0.6 is 0 Å². The van der Waals surface area contributed by atoms with Gasteiger partial charge in [-0.2, -0.15) is 5.10 Å². The molecule has 6 nitrogen and oxygen atoms in total. The molecule has 2 aromatic heterocycles. The lowest BCUT2D eigenvalue weighted by Crippen LogP contribution is -2.18. The van der Waals surface area contributed by atoms with Gasteiger partial charge in [0, 0.05) is 18.9 Å². The molecule has 0 atom stereocenters. The lowest BCUT2D eigenvalue weighted by Gasteiger charge is -2.10. The maximum atomic E-state index is 12.0. The number of nitrogens with zero attached hydrogens (tertiary/aromatic N) is 3. The second-order valence-corrected chi connectivity index (χ2v) is 4.68. The van der Waals surface area contributed by atoms with Crippen molar-refractivity contribution in [2.24, 2.45) is 5.92 Å². The first kappa shape index (κ1) is 12.3. The number of hydrogen-bond donors (Lipinski definition) is 2. The molecule has 2 heterocycles. The molecule has 0 bridgehead atoms. The number of nitrogens with one attached hydrogen (secondary N) is 2. The number of imidazole rings is 1. The van der Waals surface area contributed by atoms with E-state index in [0.717, 1.165) is 12.1 Å². The number of H-pyrrole nitrogens is 1. The first-order valence-corrected chi connectivity index (χ1v) is 5.90. The molecule has 0 spiro atoms. The van der Waals surface area contributed by atoms with Gasteiger partial charge in [-0.15, -0.1) is 0 Å². The van der Waals surface area contributed by atoms with Crippen LogP contribution < -0.4 is 5.32 Å². The monoisotopic (exact) mass is 247 g/mol. The maximum absolute atomic E-state index is 12.0. The van der Waals surface area contributed by atoms with Crippen molar-refractivity contribution < 1.29 is 4.79 Å². The normalized spacial score (nSPS) is 10.9. The van der Waals surface area contributed by atoms with Crippen LogP contribution in [0, 0.1) is 12.8 Å². The largest absolute Gasteiger partial charge is 0.317 e. The average molecular weight is 247 g/mol. The zero-order chi connectivity index (χ0) is 13.1. The van der Waals surface area contributed by atoms with Crippen molar-refractivity contribution >= 4 is 11.9 Å². The Morgan fingerprint density at radius 1 is 1.56 bits per heavy atom. The number of carbonyl (C=O) groups is 1. The molecule has 1 amide bonds. The predicted molar refractivity (Wildman–Crippen MR) is 68.3 cm³/mol. The summed E-state index contributed by atoms with van der Waals surface area (Å²) in [7, 11) is 0. The van der Waals surface area contributed by atoms with Gasteiger partial charge < -0.3 is 4.57 Å². The van der Waals surface area contributed by atoms with Crippen LogP contribution in [0.2, 0.25) is 0 Å². The molecule has 0 unspecified atom stereocenters. The van der Waals surface area contributed by atoms with Gasteiger partial charge in [0.2, 0.25) is 5.95 Å². The number of rotatable bonds is 4. The summed E-state index contributed by atoms with van der Waals surface area (Å²) in [6.45, 7) is 6.88. The van der Waals surface area contributed by atoms with E-state index in [1.807, 2.05) is 17.7 Å². The number of aryl methyl sites for hydroxylation is 1. The van der Waals surface area contributed by atoms with Gasteiger partial charge in [-0.3, -0.25) is 15.2 Å². The Bertz CT molecular complexity index is 540. The third-order valence-electron chi connectivity index (χ3n) is 2.56. The third kappa shape index (κ3) is 2.58. The average Bonchev–Trinajstić information content (AvgIpc) is 2.88. The SMILES string of the molecule is Cc1cn[nH]c1C(=O)Nc1nccn1CC(C)C. The standard InChI is InChI=1S/C12H17N5O/c1-8(2)7-17-5-4-13-12(17)15-11(18)10-9(3)6-14-16-10/h4-6,8H,7H2,1-3H3,(H,14,16)(H,13,15,18). The summed E-state index contributed by atoms with van der Waals surface area (Å²) in [4.78, 5) is 16.1. The highest BCUT2D eigenvalue weighted by molar-refractivity contribution is 6.02. The van der Waals surface area contributed by atoms with Crippen LogP contribution in [0.25, 0.3) is 0 Å². The van der Waals surface area contributed by atoms with Crippen LogP contribution in [-0.2, 0) is 6.54 Å². The van der Waals surface area contributed by atoms with Gasteiger partial charge in [0.05, 0.1) is 6.20 Å². The number of aromatic nitrogens is 4. The fourth-order valence-electron chi connectivity index (χ4n) is 1.71. The molecule has 0 aliphatic carbocycles. The molecule has 0 fully saturated rings. The van der Waals surface area contributed by atoms with E-state index < -0.39 is 0 Å². The van der Waals surface area contributed by atoms with E-state index in [2.05, 4.69) is 34.3 Å². The Morgan fingerprint density at radius 3 is 2.94 bits per heavy atom. The van der Waals surface area contributed by atoms with Crippen molar-refractivity contribution in [1.29, 1.82) is 0 Å². The Labute approximate surface area is 105 Å². The Hall–Kier alpha value is -2.11. The minimum absolute atomic E-state index is 0.221. The van der Waals surface area contributed by atoms with Crippen molar-refractivity contribution in [3.63, 3.8) is 0 Å². The lowest BCUT2D eigenvalue weighted by molar-refractivity contribution is 0.102. The van der Waals surface area contributed by atoms with E-state index in [-0.39, 0.29) is 5.91 Å². The van der Waals surface area contributed by atoms with Crippen LogP contribution in [0.4, 0.5) is 5.95 Å². The second kappa shape index (κ2) is 5.03. The Morgan fingerprint density at radius 2 is 2.33 bits per heavy atom. The number of aromatic amines is 1. The van der Waals surface area contributed by atoms with Crippen molar-refractivity contribution in [2.75, 3.05) is 5.32 Å². The highest BCUT2D eigenvalue weighted by Crippen LogP contribution is 2.10. The highest BCUT2D eigenvalue weighted by Gasteiger charge is 2.14. The molecule has 0 saturated heterocycles. The van der Waals surface area contributed by atoms with Crippen molar-refractivity contribution in [3.05, 3.63) is 29.8 Å². The first-order valence-electron chi connectivity index (χ1n) is 5.90. The van der Waals surface area contributed by atoms with Gasteiger partial charge in [0.25, 0.3) is 5.91 Å². The van der Waals surface area contributed by atoms with Gasteiger partial charge >= 0.3 is 0 Å². The predicted octanol–water partition coefficient (Wildman–Crippen LogP) is 1.82. The smallest absolute Gasteiger partial charge is 0.276 e. The topological polar surface area (TPSA) is 75.6 Å². The molecule has 96 valence electrons. The zero-order valence-corrected chi connectivity index (χ0v) is 10.8. The van der Waals surface area contributed by atoms with Crippen LogP contribution in [0.3, 0.4) is 0 Å². The quantitative estimate of drug-likeness (QED) is 0.865. The van der Waals surface area contributed by atoms with Gasteiger partial charge in [0.1, 0.15) is 5.69 Å². The minimum atomic E-state index is -0.221. The molecule has 0 saturated carbocycles. The lowest BCUT2D eigenvalue weighted by atomic mass is 10.2. The summed E-state index contributed by atoms with van der Waals surface area (Å²) in [5.74, 6) is 0.827. The molecule has 0 radical (unpaired) electrons. The molecule has 0 aromatic carbocycles. The third-order valence-corrected chi connectivity index (χ3v) is 2.56. The van der Waals surface area contributed by atoms with Gasteiger partial charge in [-0.05, 0) is 18.4 Å². The molecular weight excluding hydrogens is 230 g/mol. The maximum Gasteiger partial charge on any atom is 0.276 e. The number of hydrogen-bond acceptors (Lipinski definition) is 3.